The van der Waals surface area contributed by atoms with Gasteiger partial charge in [0.15, 0.2) is 10.9 Å². The molecule has 23 heavy (non-hydrogen) atoms. The molecule has 3 heterocycles. The lowest BCUT2D eigenvalue weighted by atomic mass is 9.96. The second-order valence-electron chi connectivity index (χ2n) is 5.54. The summed E-state index contributed by atoms with van der Waals surface area (Å²) < 4.78 is 9.22. The molecule has 1 aliphatic heterocycles. The number of fused-ring (bicyclic) bond motifs is 1. The lowest BCUT2D eigenvalue weighted by molar-refractivity contribution is -0.110. The molecule has 3 aromatic rings. The molecule has 0 saturated heterocycles. The molecule has 4 rings (SSSR count). The number of hydrogen-bond donors (Lipinski definition) is 0. The third-order valence-corrected chi connectivity index (χ3v) is 5.01. The molecule has 0 N–H and O–H groups in total. The van der Waals surface area contributed by atoms with E-state index in [0.29, 0.717) is 18.3 Å². The molecule has 114 valence electrons. The fourth-order valence-electron chi connectivity index (χ4n) is 2.71. The van der Waals surface area contributed by atoms with E-state index in [9.17, 15) is 4.79 Å². The minimum absolute atomic E-state index is 0.128. The number of hydrogen-bond acceptors (Lipinski definition) is 4. The van der Waals surface area contributed by atoms with Crippen LogP contribution < -0.4 is 0 Å². The van der Waals surface area contributed by atoms with Crippen LogP contribution in [-0.2, 0) is 11.2 Å². The van der Waals surface area contributed by atoms with E-state index >= 15 is 0 Å². The molecular weight excluding hydrogens is 306 g/mol. The lowest BCUT2D eigenvalue weighted by Gasteiger charge is -2.10. The van der Waals surface area contributed by atoms with Gasteiger partial charge in [0.05, 0.1) is 7.06 Å². The Morgan fingerprint density at radius 2 is 2.26 bits per heavy atom. The number of aromatic nitrogens is 3. The zero-order valence-electron chi connectivity index (χ0n) is 13.6. The van der Waals surface area contributed by atoms with Crippen LogP contribution in [0.3, 0.4) is 0 Å². The van der Waals surface area contributed by atoms with Crippen LogP contribution >= 0.6 is 11.8 Å². The van der Waals surface area contributed by atoms with E-state index in [0.717, 1.165) is 21.7 Å². The number of rotatable bonds is 3. The normalized spacial score (nSPS) is 15.3. The monoisotopic (exact) mass is 322 g/mol. The third-order valence-electron chi connectivity index (χ3n) is 4.04. The van der Waals surface area contributed by atoms with Crippen molar-refractivity contribution in [3.05, 3.63) is 71.7 Å². The zero-order chi connectivity index (χ0) is 16.7. The van der Waals surface area contributed by atoms with E-state index in [1.54, 1.807) is 16.8 Å². The summed E-state index contributed by atoms with van der Waals surface area (Å²) in [6.07, 6.45) is 3.92. The average Bonchev–Trinajstić information content (AvgIpc) is 3.20. The number of thioether (sulfide) groups is 1. The number of benzene rings is 1. The quantitative estimate of drug-likeness (QED) is 0.739. The maximum absolute atomic E-state index is 11.6. The lowest BCUT2D eigenvalue weighted by Crippen LogP contribution is -2.02. The highest BCUT2D eigenvalue weighted by atomic mass is 32.2. The van der Waals surface area contributed by atoms with Gasteiger partial charge in [-0.1, -0.05) is 36.9 Å². The van der Waals surface area contributed by atoms with Gasteiger partial charge in [-0.2, -0.15) is 5.10 Å². The second-order valence-corrected chi connectivity index (χ2v) is 6.64. The number of carbonyl (C=O) groups is 1. The van der Waals surface area contributed by atoms with E-state index < -0.39 is 0 Å². The van der Waals surface area contributed by atoms with E-state index in [1.807, 2.05) is 18.3 Å². The van der Waals surface area contributed by atoms with Crippen LogP contribution in [0.15, 0.2) is 59.7 Å². The van der Waals surface area contributed by atoms with Gasteiger partial charge in [0, 0.05) is 29.6 Å². The van der Waals surface area contributed by atoms with Gasteiger partial charge in [0.25, 0.3) is 0 Å². The molecule has 0 amide bonds. The fraction of sp³-hybridized carbons (Fsp3) is 0.167. The Balaban J connectivity index is 1.61. The number of nitrogens with zero attached hydrogens (tertiary/aromatic N) is 3. The van der Waals surface area contributed by atoms with Gasteiger partial charge in [0.2, 0.25) is 0 Å². The largest absolute Gasteiger partial charge is 0.286 e. The van der Waals surface area contributed by atoms with Crippen LogP contribution in [-0.4, -0.2) is 19.9 Å². The predicted molar refractivity (Wildman–Crippen MR) is 89.9 cm³/mol. The van der Waals surface area contributed by atoms with Crippen molar-refractivity contribution in [1.82, 2.24) is 14.8 Å². The first kappa shape index (κ1) is 13.1. The molecule has 5 heteroatoms. The van der Waals surface area contributed by atoms with E-state index in [4.69, 9.17) is 1.37 Å². The Bertz CT molecular complexity index is 920. The molecular formula is C18H15N3OS. The maximum atomic E-state index is 11.6. The summed E-state index contributed by atoms with van der Waals surface area (Å²) in [5.41, 5.74) is 3.21. The molecule has 2 aromatic heterocycles. The van der Waals surface area contributed by atoms with Crippen molar-refractivity contribution in [2.75, 3.05) is 0 Å². The van der Waals surface area contributed by atoms with Crippen molar-refractivity contribution in [2.45, 2.75) is 24.2 Å². The minimum atomic E-state index is 0.128. The van der Waals surface area contributed by atoms with Crippen LogP contribution in [0.2, 0.25) is 0 Å². The van der Waals surface area contributed by atoms with Gasteiger partial charge >= 0.3 is 0 Å². The molecule has 1 aliphatic rings. The SMILES string of the molecule is [2H]c1ccc(-n2ccc(C(C)c3ccc4c(c3)SC(=O)C4)n2)nc1. The summed E-state index contributed by atoms with van der Waals surface area (Å²) in [5, 5.41) is 4.83. The van der Waals surface area contributed by atoms with Gasteiger partial charge in [-0.25, -0.2) is 9.67 Å². The first-order valence-corrected chi connectivity index (χ1v) is 8.24. The van der Waals surface area contributed by atoms with Gasteiger partial charge in [-0.3, -0.25) is 4.79 Å². The average molecular weight is 322 g/mol. The first-order chi connectivity index (χ1) is 11.6. The van der Waals surface area contributed by atoms with E-state index in [-0.39, 0.29) is 11.0 Å². The van der Waals surface area contributed by atoms with Crippen molar-refractivity contribution < 1.29 is 6.17 Å². The zero-order valence-corrected chi connectivity index (χ0v) is 13.4. The third kappa shape index (κ3) is 2.68. The molecule has 0 spiro atoms. The van der Waals surface area contributed by atoms with Crippen molar-refractivity contribution in [3.63, 3.8) is 0 Å². The Labute approximate surface area is 140 Å². The van der Waals surface area contributed by atoms with Crippen LogP contribution in [0, 0.1) is 0 Å². The Kier molecular flexibility index (Phi) is 3.22. The van der Waals surface area contributed by atoms with Crippen LogP contribution in [0.4, 0.5) is 0 Å². The molecule has 1 unspecified atom stereocenters. The van der Waals surface area contributed by atoms with Gasteiger partial charge in [-0.05, 0) is 35.4 Å². The molecule has 1 atom stereocenters. The first-order valence-electron chi connectivity index (χ1n) is 7.92. The standard InChI is InChI=1S/C18H15N3OS/c1-12(13-5-6-14-11-18(22)23-16(14)10-13)15-7-9-21(20-15)17-4-2-3-8-19-17/h2-10,12H,11H2,1H3/i3D. The second kappa shape index (κ2) is 5.66. The molecule has 1 aromatic carbocycles. The highest BCUT2D eigenvalue weighted by Gasteiger charge is 2.21. The van der Waals surface area contributed by atoms with Gasteiger partial charge < -0.3 is 0 Å². The fourth-order valence-corrected chi connectivity index (χ4v) is 3.65. The van der Waals surface area contributed by atoms with Crippen LogP contribution in [0.5, 0.6) is 0 Å². The summed E-state index contributed by atoms with van der Waals surface area (Å²) in [6.45, 7) is 2.11. The smallest absolute Gasteiger partial charge is 0.198 e. The molecule has 0 bridgehead atoms. The summed E-state index contributed by atoms with van der Waals surface area (Å²) in [4.78, 5) is 16.9. The molecule has 4 nitrogen and oxygen atoms in total. The summed E-state index contributed by atoms with van der Waals surface area (Å²) in [5.74, 6) is 0.822. The summed E-state index contributed by atoms with van der Waals surface area (Å²) >= 11 is 1.33. The molecule has 0 fully saturated rings. The highest BCUT2D eigenvalue weighted by Crippen LogP contribution is 2.35. The Morgan fingerprint density at radius 3 is 3.09 bits per heavy atom. The van der Waals surface area contributed by atoms with E-state index in [2.05, 4.69) is 29.1 Å². The van der Waals surface area contributed by atoms with Crippen molar-refractivity contribution >= 4 is 16.9 Å². The Morgan fingerprint density at radius 1 is 1.35 bits per heavy atom. The molecule has 0 saturated carbocycles. The van der Waals surface area contributed by atoms with Gasteiger partial charge in [-0.15, -0.1) is 0 Å². The predicted octanol–water partition coefficient (Wildman–Crippen LogP) is 3.59. The van der Waals surface area contributed by atoms with Gasteiger partial charge in [0.1, 0.15) is 0 Å². The van der Waals surface area contributed by atoms with Crippen molar-refractivity contribution in [1.29, 1.82) is 0 Å². The van der Waals surface area contributed by atoms with Crippen LogP contribution in [0.25, 0.3) is 5.82 Å². The summed E-state index contributed by atoms with van der Waals surface area (Å²) in [7, 11) is 0. The van der Waals surface area contributed by atoms with E-state index in [1.165, 1.54) is 18.0 Å². The summed E-state index contributed by atoms with van der Waals surface area (Å²) in [6, 6.07) is 12.1. The van der Waals surface area contributed by atoms with Crippen molar-refractivity contribution in [2.24, 2.45) is 0 Å². The Hall–Kier alpha value is -2.40. The molecule has 0 radical (unpaired) electrons. The minimum Gasteiger partial charge on any atom is -0.286 e. The topological polar surface area (TPSA) is 47.8 Å². The number of pyridine rings is 1. The molecule has 0 aliphatic carbocycles. The van der Waals surface area contributed by atoms with Crippen LogP contribution in [0.1, 0.15) is 31.0 Å². The highest BCUT2D eigenvalue weighted by molar-refractivity contribution is 8.14. The number of carbonyl (C=O) groups excluding carboxylic acids is 1. The van der Waals surface area contributed by atoms with Crippen molar-refractivity contribution in [3.8, 4) is 5.82 Å². The maximum Gasteiger partial charge on any atom is 0.198 e.